The predicted molar refractivity (Wildman–Crippen MR) is 133 cm³/mol. The molecule has 1 atom stereocenters. The average molecular weight is 493 g/mol. The Morgan fingerprint density at radius 3 is 2.50 bits per heavy atom. The van der Waals surface area contributed by atoms with E-state index >= 15 is 0 Å². The highest BCUT2D eigenvalue weighted by Gasteiger charge is 2.23. The van der Waals surface area contributed by atoms with Crippen LogP contribution >= 0.6 is 22.9 Å². The number of aromatic nitrogens is 2. The number of hydrogen-bond acceptors (Lipinski definition) is 6. The number of nitrogens with zero attached hydrogens (tertiary/aromatic N) is 2. The Morgan fingerprint density at radius 2 is 1.76 bits per heavy atom. The van der Waals surface area contributed by atoms with E-state index in [1.807, 2.05) is 54.6 Å². The molecule has 0 aliphatic rings. The molecule has 2 amide bonds. The average Bonchev–Trinajstić information content (AvgIpc) is 3.33. The molecule has 7 nitrogen and oxygen atoms in total. The van der Waals surface area contributed by atoms with Gasteiger partial charge in [-0.05, 0) is 42.0 Å². The van der Waals surface area contributed by atoms with E-state index in [1.54, 1.807) is 31.4 Å². The van der Waals surface area contributed by atoms with Crippen LogP contribution in [0.5, 0.6) is 5.75 Å². The van der Waals surface area contributed by atoms with Crippen molar-refractivity contribution in [1.29, 1.82) is 0 Å². The van der Waals surface area contributed by atoms with Crippen LogP contribution in [0.3, 0.4) is 0 Å². The lowest BCUT2D eigenvalue weighted by Crippen LogP contribution is -2.45. The second-order valence-corrected chi connectivity index (χ2v) is 8.77. The van der Waals surface area contributed by atoms with E-state index in [-0.39, 0.29) is 11.8 Å². The molecule has 4 aromatic rings. The summed E-state index contributed by atoms with van der Waals surface area (Å²) < 4.78 is 5.25. The first kappa shape index (κ1) is 23.4. The number of hydrogen-bond donors (Lipinski definition) is 2. The maximum absolute atomic E-state index is 13.2. The molecule has 0 bridgehead atoms. The van der Waals surface area contributed by atoms with Gasteiger partial charge in [0.2, 0.25) is 11.0 Å². The normalized spacial score (nSPS) is 11.5. The summed E-state index contributed by atoms with van der Waals surface area (Å²) in [5, 5.41) is 15.4. The highest BCUT2D eigenvalue weighted by atomic mass is 35.5. The lowest BCUT2D eigenvalue weighted by molar-refractivity contribution is -0.118. The predicted octanol–water partition coefficient (Wildman–Crippen LogP) is 4.85. The Labute approximate surface area is 205 Å². The Bertz CT molecular complexity index is 1280. The van der Waals surface area contributed by atoms with Crippen LogP contribution in [0.15, 0.2) is 78.9 Å². The van der Waals surface area contributed by atoms with Gasteiger partial charge in [-0.3, -0.25) is 14.9 Å². The van der Waals surface area contributed by atoms with E-state index < -0.39 is 6.04 Å². The second kappa shape index (κ2) is 10.9. The number of rotatable bonds is 8. The second-order valence-electron chi connectivity index (χ2n) is 7.36. The summed E-state index contributed by atoms with van der Waals surface area (Å²) in [6.07, 6.45) is 0.313. The first-order chi connectivity index (χ1) is 16.5. The van der Waals surface area contributed by atoms with Crippen molar-refractivity contribution >= 4 is 39.9 Å². The van der Waals surface area contributed by atoms with Crippen molar-refractivity contribution in [2.75, 3.05) is 12.4 Å². The van der Waals surface area contributed by atoms with Gasteiger partial charge in [0.05, 0.1) is 7.11 Å². The van der Waals surface area contributed by atoms with Crippen molar-refractivity contribution < 1.29 is 14.3 Å². The summed E-state index contributed by atoms with van der Waals surface area (Å²) in [5.74, 6) is -0.0623. The smallest absolute Gasteiger partial charge is 0.251 e. The van der Waals surface area contributed by atoms with Gasteiger partial charge in [-0.25, -0.2) is 0 Å². The largest absolute Gasteiger partial charge is 0.497 e. The minimum absolute atomic E-state index is 0.313. The number of methoxy groups -OCH3 is 1. The van der Waals surface area contributed by atoms with E-state index in [0.29, 0.717) is 32.9 Å². The van der Waals surface area contributed by atoms with Crippen molar-refractivity contribution in [3.63, 3.8) is 0 Å². The number of nitrogens with one attached hydrogen (secondary N) is 2. The Balaban J connectivity index is 1.51. The molecule has 172 valence electrons. The summed E-state index contributed by atoms with van der Waals surface area (Å²) in [6, 6.07) is 22.6. The van der Waals surface area contributed by atoms with Gasteiger partial charge in [-0.1, -0.05) is 65.4 Å². The van der Waals surface area contributed by atoms with Crippen molar-refractivity contribution in [3.05, 3.63) is 95.0 Å². The molecular weight excluding hydrogens is 472 g/mol. The Hall–Kier alpha value is -3.75. The van der Waals surface area contributed by atoms with Crippen LogP contribution in [-0.4, -0.2) is 35.2 Å². The molecule has 1 aromatic heterocycles. The number of ether oxygens (including phenoxy) is 1. The maximum atomic E-state index is 13.2. The molecule has 34 heavy (non-hydrogen) atoms. The third kappa shape index (κ3) is 5.98. The first-order valence-electron chi connectivity index (χ1n) is 10.4. The van der Waals surface area contributed by atoms with Crippen LogP contribution in [0.25, 0.3) is 10.6 Å². The van der Waals surface area contributed by atoms with E-state index in [0.717, 1.165) is 11.1 Å². The molecule has 0 fully saturated rings. The summed E-state index contributed by atoms with van der Waals surface area (Å²) in [6.45, 7) is 0. The van der Waals surface area contributed by atoms with Gasteiger partial charge < -0.3 is 10.1 Å². The molecule has 0 spiro atoms. The minimum Gasteiger partial charge on any atom is -0.497 e. The fourth-order valence-corrected chi connectivity index (χ4v) is 4.11. The van der Waals surface area contributed by atoms with Crippen LogP contribution in [0, 0.1) is 0 Å². The van der Waals surface area contributed by atoms with E-state index in [9.17, 15) is 9.59 Å². The van der Waals surface area contributed by atoms with Crippen LogP contribution < -0.4 is 15.4 Å². The molecule has 0 aliphatic carbocycles. The van der Waals surface area contributed by atoms with Crippen molar-refractivity contribution in [2.45, 2.75) is 12.5 Å². The fourth-order valence-electron chi connectivity index (χ4n) is 3.24. The summed E-state index contributed by atoms with van der Waals surface area (Å²) in [5.41, 5.74) is 2.15. The molecule has 1 heterocycles. The summed E-state index contributed by atoms with van der Waals surface area (Å²) >= 11 is 7.16. The van der Waals surface area contributed by atoms with Crippen molar-refractivity contribution in [1.82, 2.24) is 15.5 Å². The van der Waals surface area contributed by atoms with Gasteiger partial charge in [0, 0.05) is 22.6 Å². The highest BCUT2D eigenvalue weighted by molar-refractivity contribution is 7.18. The number of benzene rings is 3. The number of halogens is 1. The molecule has 0 aliphatic heterocycles. The zero-order valence-corrected chi connectivity index (χ0v) is 19.8. The van der Waals surface area contributed by atoms with Gasteiger partial charge in [0.15, 0.2) is 0 Å². The maximum Gasteiger partial charge on any atom is 0.251 e. The number of amides is 2. The molecular formula is C25H21ClN4O3S. The van der Waals surface area contributed by atoms with Crippen LogP contribution in [0.1, 0.15) is 15.9 Å². The van der Waals surface area contributed by atoms with Crippen molar-refractivity contribution in [2.24, 2.45) is 0 Å². The number of carbonyl (C=O) groups is 2. The van der Waals surface area contributed by atoms with Gasteiger partial charge in [-0.2, -0.15) is 0 Å². The van der Waals surface area contributed by atoms with Gasteiger partial charge in [0.1, 0.15) is 16.8 Å². The Morgan fingerprint density at radius 1 is 1.00 bits per heavy atom. The lowest BCUT2D eigenvalue weighted by Gasteiger charge is -2.18. The quantitative estimate of drug-likeness (QED) is 0.367. The third-order valence-electron chi connectivity index (χ3n) is 4.98. The molecule has 9 heteroatoms. The molecule has 1 unspecified atom stereocenters. The standard InChI is InChI=1S/C25H21ClN4O3S/c1-33-20-9-5-8-18(15-20)24-29-30-25(34-24)28-23(32)21(14-16-6-3-2-4-7-16)27-22(31)17-10-12-19(26)13-11-17/h2-13,15,21H,14H2,1H3,(H,27,31)(H,28,30,32). The topological polar surface area (TPSA) is 93.2 Å². The van der Waals surface area contributed by atoms with Crippen molar-refractivity contribution in [3.8, 4) is 16.3 Å². The zero-order valence-electron chi connectivity index (χ0n) is 18.2. The zero-order chi connectivity index (χ0) is 23.9. The lowest BCUT2D eigenvalue weighted by atomic mass is 10.0. The Kier molecular flexibility index (Phi) is 7.51. The monoisotopic (exact) mass is 492 g/mol. The molecule has 2 N–H and O–H groups in total. The van der Waals surface area contributed by atoms with Crippen LogP contribution in [0.4, 0.5) is 5.13 Å². The summed E-state index contributed by atoms with van der Waals surface area (Å²) in [4.78, 5) is 25.9. The molecule has 3 aromatic carbocycles. The molecule has 0 saturated heterocycles. The first-order valence-corrected chi connectivity index (χ1v) is 11.6. The molecule has 4 rings (SSSR count). The molecule has 0 saturated carbocycles. The van der Waals surface area contributed by atoms with E-state index in [1.165, 1.54) is 11.3 Å². The van der Waals surface area contributed by atoms with E-state index in [2.05, 4.69) is 20.8 Å². The van der Waals surface area contributed by atoms with Gasteiger partial charge in [0.25, 0.3) is 5.91 Å². The van der Waals surface area contributed by atoms with Crippen LogP contribution in [0.2, 0.25) is 5.02 Å². The number of anilines is 1. The third-order valence-corrected chi connectivity index (χ3v) is 6.12. The highest BCUT2D eigenvalue weighted by Crippen LogP contribution is 2.28. The summed E-state index contributed by atoms with van der Waals surface area (Å²) in [7, 11) is 1.59. The number of carbonyl (C=O) groups excluding carboxylic acids is 2. The van der Waals surface area contributed by atoms with Gasteiger partial charge >= 0.3 is 0 Å². The molecule has 0 radical (unpaired) electrons. The van der Waals surface area contributed by atoms with Gasteiger partial charge in [-0.15, -0.1) is 10.2 Å². The van der Waals surface area contributed by atoms with Crippen LogP contribution in [-0.2, 0) is 11.2 Å². The fraction of sp³-hybridized carbons (Fsp3) is 0.120. The SMILES string of the molecule is COc1cccc(-c2nnc(NC(=O)C(Cc3ccccc3)NC(=O)c3ccc(Cl)cc3)s2)c1. The van der Waals surface area contributed by atoms with E-state index in [4.69, 9.17) is 16.3 Å². The minimum atomic E-state index is -0.824.